The third kappa shape index (κ3) is 1.87. The standard InChI is InChI=1S/C11H19NO/c1-11(7-2-3-8-11)12-10(13)9-5-4-6-9/h9H,2-8H2,1H3,(H,12,13). The summed E-state index contributed by atoms with van der Waals surface area (Å²) in [7, 11) is 0. The molecule has 0 aromatic carbocycles. The fraction of sp³-hybridized carbons (Fsp3) is 0.909. The summed E-state index contributed by atoms with van der Waals surface area (Å²) in [4.78, 5) is 11.7. The van der Waals surface area contributed by atoms with Crippen LogP contribution in [0.15, 0.2) is 0 Å². The van der Waals surface area contributed by atoms with Crippen molar-refractivity contribution in [3.63, 3.8) is 0 Å². The van der Waals surface area contributed by atoms with Crippen LogP contribution in [0.4, 0.5) is 0 Å². The monoisotopic (exact) mass is 181 g/mol. The van der Waals surface area contributed by atoms with Crippen molar-refractivity contribution < 1.29 is 4.79 Å². The lowest BCUT2D eigenvalue weighted by Gasteiger charge is -2.31. The van der Waals surface area contributed by atoms with Crippen LogP contribution in [0.5, 0.6) is 0 Å². The van der Waals surface area contributed by atoms with Crippen molar-refractivity contribution in [1.29, 1.82) is 0 Å². The summed E-state index contributed by atoms with van der Waals surface area (Å²) in [5, 5.41) is 3.22. The Labute approximate surface area is 80.1 Å². The molecule has 0 aromatic heterocycles. The summed E-state index contributed by atoms with van der Waals surface area (Å²) in [5.41, 5.74) is 0.132. The average Bonchev–Trinajstić information content (AvgIpc) is 2.31. The molecule has 13 heavy (non-hydrogen) atoms. The lowest BCUT2D eigenvalue weighted by molar-refractivity contribution is -0.129. The molecule has 2 rings (SSSR count). The molecule has 0 radical (unpaired) electrons. The third-order valence-electron chi connectivity index (χ3n) is 3.61. The van der Waals surface area contributed by atoms with E-state index in [2.05, 4.69) is 12.2 Å². The Hall–Kier alpha value is -0.530. The maximum Gasteiger partial charge on any atom is 0.223 e. The molecule has 0 bridgehead atoms. The largest absolute Gasteiger partial charge is 0.351 e. The van der Waals surface area contributed by atoms with Gasteiger partial charge in [-0.1, -0.05) is 19.3 Å². The van der Waals surface area contributed by atoms with E-state index in [0.29, 0.717) is 11.8 Å². The van der Waals surface area contributed by atoms with Crippen molar-refractivity contribution in [3.05, 3.63) is 0 Å². The molecule has 1 N–H and O–H groups in total. The molecule has 0 unspecified atom stereocenters. The normalized spacial score (nSPS) is 26.8. The molecule has 0 aromatic rings. The van der Waals surface area contributed by atoms with Crippen molar-refractivity contribution in [1.82, 2.24) is 5.32 Å². The topological polar surface area (TPSA) is 29.1 Å². The molecule has 1 amide bonds. The first-order valence-electron chi connectivity index (χ1n) is 5.52. The van der Waals surface area contributed by atoms with E-state index in [4.69, 9.17) is 0 Å². The minimum Gasteiger partial charge on any atom is -0.351 e. The van der Waals surface area contributed by atoms with Gasteiger partial charge in [0.1, 0.15) is 0 Å². The molecule has 2 fully saturated rings. The predicted octanol–water partition coefficient (Wildman–Crippen LogP) is 2.24. The second-order valence-corrected chi connectivity index (χ2v) is 4.88. The lowest BCUT2D eigenvalue weighted by Crippen LogP contribution is -2.47. The molecule has 2 nitrogen and oxygen atoms in total. The smallest absolute Gasteiger partial charge is 0.223 e. The van der Waals surface area contributed by atoms with Gasteiger partial charge >= 0.3 is 0 Å². The van der Waals surface area contributed by atoms with Crippen LogP contribution in [-0.4, -0.2) is 11.4 Å². The van der Waals surface area contributed by atoms with Crippen molar-refractivity contribution in [2.75, 3.05) is 0 Å². The zero-order valence-corrected chi connectivity index (χ0v) is 8.44. The second kappa shape index (κ2) is 3.32. The number of rotatable bonds is 2. The fourth-order valence-electron chi connectivity index (χ4n) is 2.35. The van der Waals surface area contributed by atoms with Gasteiger partial charge in [-0.15, -0.1) is 0 Å². The summed E-state index contributed by atoms with van der Waals surface area (Å²) in [5.74, 6) is 0.660. The number of amides is 1. The number of carbonyl (C=O) groups is 1. The second-order valence-electron chi connectivity index (χ2n) is 4.88. The summed E-state index contributed by atoms with van der Waals surface area (Å²) in [6.45, 7) is 2.19. The first kappa shape index (κ1) is 9.04. The van der Waals surface area contributed by atoms with E-state index in [-0.39, 0.29) is 5.54 Å². The van der Waals surface area contributed by atoms with Gasteiger partial charge < -0.3 is 5.32 Å². The zero-order chi connectivity index (χ0) is 9.31. The van der Waals surface area contributed by atoms with Gasteiger partial charge in [-0.3, -0.25) is 4.79 Å². The van der Waals surface area contributed by atoms with E-state index >= 15 is 0 Å². The Balaban J connectivity index is 1.85. The number of carbonyl (C=O) groups excluding carboxylic acids is 1. The SMILES string of the molecule is CC1(NC(=O)C2CCC2)CCCC1. The van der Waals surface area contributed by atoms with Crippen molar-refractivity contribution in [2.24, 2.45) is 5.92 Å². The number of hydrogen-bond donors (Lipinski definition) is 1. The summed E-state index contributed by atoms with van der Waals surface area (Å²) < 4.78 is 0. The van der Waals surface area contributed by atoms with E-state index in [9.17, 15) is 4.79 Å². The highest BCUT2D eigenvalue weighted by atomic mass is 16.2. The van der Waals surface area contributed by atoms with Crippen LogP contribution in [-0.2, 0) is 4.79 Å². The van der Waals surface area contributed by atoms with Gasteiger partial charge in [0.2, 0.25) is 5.91 Å². The lowest BCUT2D eigenvalue weighted by atomic mass is 9.84. The van der Waals surface area contributed by atoms with Gasteiger partial charge in [0.15, 0.2) is 0 Å². The zero-order valence-electron chi connectivity index (χ0n) is 8.44. The molecule has 2 aliphatic rings. The molecule has 0 heterocycles. The molecule has 2 saturated carbocycles. The highest BCUT2D eigenvalue weighted by molar-refractivity contribution is 5.80. The van der Waals surface area contributed by atoms with Gasteiger partial charge in [0, 0.05) is 11.5 Å². The minimum absolute atomic E-state index is 0.132. The Morgan fingerprint density at radius 3 is 2.31 bits per heavy atom. The number of hydrogen-bond acceptors (Lipinski definition) is 1. The van der Waals surface area contributed by atoms with Crippen LogP contribution in [0.25, 0.3) is 0 Å². The fourth-order valence-corrected chi connectivity index (χ4v) is 2.35. The number of nitrogens with one attached hydrogen (secondary N) is 1. The maximum absolute atomic E-state index is 11.7. The van der Waals surface area contributed by atoms with Crippen molar-refractivity contribution in [2.45, 2.75) is 57.4 Å². The van der Waals surface area contributed by atoms with Crippen LogP contribution in [0.3, 0.4) is 0 Å². The average molecular weight is 181 g/mol. The summed E-state index contributed by atoms with van der Waals surface area (Å²) in [6, 6.07) is 0. The van der Waals surface area contributed by atoms with Gasteiger partial charge in [0.25, 0.3) is 0 Å². The Kier molecular flexibility index (Phi) is 2.31. The van der Waals surface area contributed by atoms with Gasteiger partial charge in [-0.05, 0) is 32.6 Å². The van der Waals surface area contributed by atoms with Gasteiger partial charge in [-0.25, -0.2) is 0 Å². The first-order chi connectivity index (χ1) is 6.20. The Morgan fingerprint density at radius 2 is 1.85 bits per heavy atom. The van der Waals surface area contributed by atoms with E-state index < -0.39 is 0 Å². The van der Waals surface area contributed by atoms with Crippen LogP contribution in [0.1, 0.15) is 51.9 Å². The van der Waals surface area contributed by atoms with Gasteiger partial charge in [0.05, 0.1) is 0 Å². The molecular formula is C11H19NO. The van der Waals surface area contributed by atoms with Crippen LogP contribution in [0, 0.1) is 5.92 Å². The Morgan fingerprint density at radius 1 is 1.23 bits per heavy atom. The van der Waals surface area contributed by atoms with E-state index in [1.165, 1.54) is 32.1 Å². The van der Waals surface area contributed by atoms with Crippen molar-refractivity contribution in [3.8, 4) is 0 Å². The Bertz CT molecular complexity index is 202. The van der Waals surface area contributed by atoms with Crippen molar-refractivity contribution >= 4 is 5.91 Å². The van der Waals surface area contributed by atoms with E-state index in [1.807, 2.05) is 0 Å². The van der Waals surface area contributed by atoms with E-state index in [1.54, 1.807) is 0 Å². The molecule has 0 saturated heterocycles. The highest BCUT2D eigenvalue weighted by Gasteiger charge is 2.34. The molecule has 0 atom stereocenters. The minimum atomic E-state index is 0.132. The highest BCUT2D eigenvalue weighted by Crippen LogP contribution is 2.32. The first-order valence-corrected chi connectivity index (χ1v) is 5.52. The summed E-state index contributed by atoms with van der Waals surface area (Å²) >= 11 is 0. The van der Waals surface area contributed by atoms with Crippen LogP contribution < -0.4 is 5.32 Å². The van der Waals surface area contributed by atoms with Crippen LogP contribution >= 0.6 is 0 Å². The molecule has 0 spiro atoms. The summed E-state index contributed by atoms with van der Waals surface area (Å²) in [6.07, 6.45) is 8.37. The quantitative estimate of drug-likeness (QED) is 0.695. The third-order valence-corrected chi connectivity index (χ3v) is 3.61. The molecule has 2 heteroatoms. The van der Waals surface area contributed by atoms with Crippen LogP contribution in [0.2, 0.25) is 0 Å². The molecular weight excluding hydrogens is 162 g/mol. The maximum atomic E-state index is 11.7. The predicted molar refractivity (Wildman–Crippen MR) is 52.4 cm³/mol. The van der Waals surface area contributed by atoms with Gasteiger partial charge in [-0.2, -0.15) is 0 Å². The molecule has 74 valence electrons. The molecule has 2 aliphatic carbocycles. The van der Waals surface area contributed by atoms with E-state index in [0.717, 1.165) is 12.8 Å². The molecule has 0 aliphatic heterocycles.